The second kappa shape index (κ2) is 6.98. The minimum Gasteiger partial charge on any atom is -0.508 e. The van der Waals surface area contributed by atoms with E-state index in [1.165, 1.54) is 11.4 Å². The molecule has 0 spiro atoms. The first-order valence-corrected chi connectivity index (χ1v) is 9.42. The highest BCUT2D eigenvalue weighted by atomic mass is 16.3. The number of phenolic OH excluding ortho intramolecular Hbond substituents is 1. The molecule has 6 nitrogen and oxygen atoms in total. The summed E-state index contributed by atoms with van der Waals surface area (Å²) in [5.74, 6) is 1.19. The Morgan fingerprint density at radius 3 is 2.89 bits per heavy atom. The van der Waals surface area contributed by atoms with E-state index in [9.17, 15) is 5.11 Å². The van der Waals surface area contributed by atoms with Crippen LogP contribution in [0, 0.1) is 0 Å². The molecule has 6 heteroatoms. The van der Waals surface area contributed by atoms with Crippen LogP contribution in [0.2, 0.25) is 0 Å². The summed E-state index contributed by atoms with van der Waals surface area (Å²) in [5, 5.41) is 10.0. The quantitative estimate of drug-likeness (QED) is 0.576. The fourth-order valence-corrected chi connectivity index (χ4v) is 4.03. The third-order valence-electron chi connectivity index (χ3n) is 5.31. The summed E-state index contributed by atoms with van der Waals surface area (Å²) in [4.78, 5) is 14.8. The Balaban J connectivity index is 1.52. The number of rotatable bonds is 4. The van der Waals surface area contributed by atoms with Gasteiger partial charge in [0.1, 0.15) is 11.6 Å². The minimum absolute atomic E-state index is 0.00539. The van der Waals surface area contributed by atoms with Gasteiger partial charge in [0.15, 0.2) is 0 Å². The summed E-state index contributed by atoms with van der Waals surface area (Å²) in [5.41, 5.74) is 4.42. The Hall–Kier alpha value is -3.38. The largest absolute Gasteiger partial charge is 0.508 e. The molecule has 2 N–H and O–H groups in total. The molecule has 1 aliphatic rings. The highest BCUT2D eigenvalue weighted by molar-refractivity contribution is 5.37. The standard InChI is InChI=1S/C22H21N5O/c28-18-7-3-5-16(13-18)22-21-19(24-15-25-21)9-12-26(22)14-17-6-4-11-27(17)20-8-1-2-10-23-20/h1-8,10-11,13,15,22,28H,9,12,14H2,(H,24,25)/t22-/m0/s1. The van der Waals surface area contributed by atoms with Gasteiger partial charge >= 0.3 is 0 Å². The molecular weight excluding hydrogens is 350 g/mol. The first-order valence-electron chi connectivity index (χ1n) is 9.42. The van der Waals surface area contributed by atoms with Crippen LogP contribution < -0.4 is 0 Å². The number of benzene rings is 1. The molecule has 0 unspecified atom stereocenters. The van der Waals surface area contributed by atoms with Gasteiger partial charge in [0.2, 0.25) is 0 Å². The van der Waals surface area contributed by atoms with Gasteiger partial charge < -0.3 is 14.7 Å². The number of hydrogen-bond acceptors (Lipinski definition) is 4. The molecule has 1 aliphatic heterocycles. The van der Waals surface area contributed by atoms with Gasteiger partial charge in [-0.2, -0.15) is 0 Å². The zero-order valence-corrected chi connectivity index (χ0v) is 15.4. The number of pyridine rings is 1. The number of nitrogens with zero attached hydrogens (tertiary/aromatic N) is 4. The summed E-state index contributed by atoms with van der Waals surface area (Å²) in [6, 6.07) is 17.6. The second-order valence-electron chi connectivity index (χ2n) is 7.04. The number of aromatic amines is 1. The Morgan fingerprint density at radius 2 is 2.04 bits per heavy atom. The van der Waals surface area contributed by atoms with Gasteiger partial charge in [0.25, 0.3) is 0 Å². The van der Waals surface area contributed by atoms with Gasteiger partial charge in [-0.25, -0.2) is 9.97 Å². The fraction of sp³-hybridized carbons (Fsp3) is 0.182. The predicted molar refractivity (Wildman–Crippen MR) is 106 cm³/mol. The molecule has 0 aliphatic carbocycles. The lowest BCUT2D eigenvalue weighted by Crippen LogP contribution is -2.36. The first-order chi connectivity index (χ1) is 13.8. The van der Waals surface area contributed by atoms with Gasteiger partial charge in [-0.3, -0.25) is 4.90 Å². The van der Waals surface area contributed by atoms with Gasteiger partial charge in [-0.05, 0) is 42.0 Å². The molecule has 4 aromatic rings. The molecule has 0 amide bonds. The topological polar surface area (TPSA) is 70.0 Å². The van der Waals surface area contributed by atoms with E-state index in [1.54, 1.807) is 12.4 Å². The summed E-state index contributed by atoms with van der Waals surface area (Å²) in [7, 11) is 0. The Bertz CT molecular complexity index is 1090. The Kier molecular flexibility index (Phi) is 4.18. The van der Waals surface area contributed by atoms with Crippen molar-refractivity contribution in [3.8, 4) is 11.6 Å². The van der Waals surface area contributed by atoms with Crippen LogP contribution >= 0.6 is 0 Å². The van der Waals surface area contributed by atoms with E-state index in [2.05, 4.69) is 42.6 Å². The molecule has 1 atom stereocenters. The van der Waals surface area contributed by atoms with E-state index in [0.717, 1.165) is 36.6 Å². The third kappa shape index (κ3) is 2.97. The predicted octanol–water partition coefficient (Wildman–Crippen LogP) is 3.45. The first kappa shape index (κ1) is 16.8. The van der Waals surface area contributed by atoms with E-state index in [1.807, 2.05) is 42.7 Å². The molecule has 1 aromatic carbocycles. The molecule has 0 radical (unpaired) electrons. The maximum Gasteiger partial charge on any atom is 0.136 e. The number of hydrogen-bond donors (Lipinski definition) is 2. The minimum atomic E-state index is -0.00539. The third-order valence-corrected chi connectivity index (χ3v) is 5.31. The van der Waals surface area contributed by atoms with Crippen molar-refractivity contribution >= 4 is 0 Å². The lowest BCUT2D eigenvalue weighted by atomic mass is 9.95. The van der Waals surface area contributed by atoms with E-state index in [-0.39, 0.29) is 11.8 Å². The van der Waals surface area contributed by atoms with E-state index in [0.29, 0.717) is 0 Å². The van der Waals surface area contributed by atoms with Crippen molar-refractivity contribution in [2.75, 3.05) is 6.54 Å². The molecule has 5 rings (SSSR count). The number of H-pyrrole nitrogens is 1. The van der Waals surface area contributed by atoms with Crippen molar-refractivity contribution in [1.29, 1.82) is 0 Å². The van der Waals surface area contributed by atoms with Crippen LogP contribution in [0.25, 0.3) is 5.82 Å². The number of aromatic nitrogens is 4. The molecule has 140 valence electrons. The lowest BCUT2D eigenvalue weighted by Gasteiger charge is -2.35. The number of aromatic hydroxyl groups is 1. The molecule has 4 heterocycles. The Labute approximate surface area is 163 Å². The SMILES string of the molecule is Oc1cccc([C@H]2c3nc[nH]c3CCN2Cc2cccn2-c2ccccn2)c1. The zero-order valence-electron chi connectivity index (χ0n) is 15.4. The van der Waals surface area contributed by atoms with Crippen molar-refractivity contribution in [2.45, 2.75) is 19.0 Å². The lowest BCUT2D eigenvalue weighted by molar-refractivity contribution is 0.196. The maximum atomic E-state index is 10.0. The molecule has 0 saturated carbocycles. The number of nitrogens with one attached hydrogen (secondary N) is 1. The van der Waals surface area contributed by atoms with Gasteiger partial charge in [-0.1, -0.05) is 18.2 Å². The average Bonchev–Trinajstić information content (AvgIpc) is 3.38. The van der Waals surface area contributed by atoms with Gasteiger partial charge in [0.05, 0.1) is 18.1 Å². The van der Waals surface area contributed by atoms with Crippen molar-refractivity contribution < 1.29 is 5.11 Å². The van der Waals surface area contributed by atoms with Gasteiger partial charge in [0, 0.05) is 43.3 Å². The maximum absolute atomic E-state index is 10.0. The molecule has 28 heavy (non-hydrogen) atoms. The van der Waals surface area contributed by atoms with E-state index < -0.39 is 0 Å². The van der Waals surface area contributed by atoms with Crippen LogP contribution in [0.4, 0.5) is 0 Å². The molecule has 0 fully saturated rings. The van der Waals surface area contributed by atoms with E-state index >= 15 is 0 Å². The number of fused-ring (bicyclic) bond motifs is 1. The van der Waals surface area contributed by atoms with Crippen LogP contribution in [-0.4, -0.2) is 36.1 Å². The van der Waals surface area contributed by atoms with Crippen LogP contribution in [0.1, 0.15) is 28.7 Å². The van der Waals surface area contributed by atoms with Crippen molar-refractivity contribution in [3.05, 3.63) is 96.0 Å². The van der Waals surface area contributed by atoms with Crippen LogP contribution in [0.3, 0.4) is 0 Å². The van der Waals surface area contributed by atoms with E-state index in [4.69, 9.17) is 0 Å². The van der Waals surface area contributed by atoms with Crippen molar-refractivity contribution in [1.82, 2.24) is 24.4 Å². The van der Waals surface area contributed by atoms with Crippen molar-refractivity contribution in [2.24, 2.45) is 0 Å². The molecular formula is C22H21N5O. The number of imidazole rings is 1. The highest BCUT2D eigenvalue weighted by Crippen LogP contribution is 2.35. The summed E-state index contributed by atoms with van der Waals surface area (Å²) in [6.07, 6.45) is 6.55. The highest BCUT2D eigenvalue weighted by Gasteiger charge is 2.31. The zero-order chi connectivity index (χ0) is 18.9. The summed E-state index contributed by atoms with van der Waals surface area (Å²) in [6.45, 7) is 1.67. The normalized spacial score (nSPS) is 16.8. The van der Waals surface area contributed by atoms with Crippen LogP contribution in [0.15, 0.2) is 73.3 Å². The monoisotopic (exact) mass is 371 g/mol. The average molecular weight is 371 g/mol. The van der Waals surface area contributed by atoms with Gasteiger partial charge in [-0.15, -0.1) is 0 Å². The Morgan fingerprint density at radius 1 is 1.07 bits per heavy atom. The molecule has 0 saturated heterocycles. The fourth-order valence-electron chi connectivity index (χ4n) is 4.03. The summed E-state index contributed by atoms with van der Waals surface area (Å²) >= 11 is 0. The molecule has 0 bridgehead atoms. The van der Waals surface area contributed by atoms with Crippen LogP contribution in [0.5, 0.6) is 5.75 Å². The van der Waals surface area contributed by atoms with Crippen LogP contribution in [-0.2, 0) is 13.0 Å². The molecule has 3 aromatic heterocycles. The number of phenols is 1. The smallest absolute Gasteiger partial charge is 0.136 e. The van der Waals surface area contributed by atoms with Crippen molar-refractivity contribution in [3.63, 3.8) is 0 Å². The second-order valence-corrected chi connectivity index (χ2v) is 7.04. The summed E-state index contributed by atoms with van der Waals surface area (Å²) < 4.78 is 2.12.